The fourth-order valence-electron chi connectivity index (χ4n) is 2.82. The van der Waals surface area contributed by atoms with E-state index in [4.69, 9.17) is 0 Å². The van der Waals surface area contributed by atoms with Crippen LogP contribution < -0.4 is 0 Å². The molecule has 0 saturated heterocycles. The molecule has 6 heteroatoms. The van der Waals surface area contributed by atoms with Crippen molar-refractivity contribution in [3.8, 4) is 0 Å². The van der Waals surface area contributed by atoms with Crippen LogP contribution in [0, 0.1) is 32.1 Å². The minimum atomic E-state index is -0.922. The van der Waals surface area contributed by atoms with E-state index < -0.39 is 21.9 Å². The maximum absolute atomic E-state index is 10.6. The molecule has 0 spiro atoms. The molecule has 2 rings (SSSR count). The Labute approximate surface area is 74.2 Å². The third-order valence-electron chi connectivity index (χ3n) is 3.32. The van der Waals surface area contributed by atoms with Crippen LogP contribution in [0.5, 0.6) is 0 Å². The average molecular weight is 186 g/mol. The zero-order valence-electron chi connectivity index (χ0n) is 6.96. The monoisotopic (exact) mass is 186 g/mol. The van der Waals surface area contributed by atoms with Gasteiger partial charge in [-0.15, -0.1) is 0 Å². The van der Waals surface area contributed by atoms with Gasteiger partial charge < -0.3 is 0 Å². The molecule has 2 aliphatic carbocycles. The quantitative estimate of drug-likeness (QED) is 0.469. The van der Waals surface area contributed by atoms with Crippen LogP contribution in [0.1, 0.15) is 19.3 Å². The van der Waals surface area contributed by atoms with Gasteiger partial charge in [0, 0.05) is 21.7 Å². The molecule has 2 saturated carbocycles. The molecule has 0 amide bonds. The lowest BCUT2D eigenvalue weighted by Crippen LogP contribution is -2.43. The molecular weight excluding hydrogens is 176 g/mol. The maximum atomic E-state index is 10.6. The summed E-state index contributed by atoms with van der Waals surface area (Å²) in [6, 6.07) is -1.84. The molecule has 6 nitrogen and oxygen atoms in total. The third-order valence-corrected chi connectivity index (χ3v) is 3.32. The van der Waals surface area contributed by atoms with E-state index in [1.54, 1.807) is 0 Å². The number of rotatable bonds is 2. The molecule has 72 valence electrons. The fraction of sp³-hybridized carbons (Fsp3) is 1.00. The van der Waals surface area contributed by atoms with Crippen LogP contribution in [0.2, 0.25) is 0 Å². The molecule has 0 aromatic heterocycles. The van der Waals surface area contributed by atoms with Crippen molar-refractivity contribution in [1.82, 2.24) is 0 Å². The third kappa shape index (κ3) is 1.08. The highest BCUT2D eigenvalue weighted by Gasteiger charge is 2.61. The Morgan fingerprint density at radius 2 is 1.31 bits per heavy atom. The fourth-order valence-corrected chi connectivity index (χ4v) is 2.82. The predicted octanol–water partition coefficient (Wildman–Crippen LogP) is 0.707. The second-order valence-corrected chi connectivity index (χ2v) is 3.89. The van der Waals surface area contributed by atoms with Crippen molar-refractivity contribution in [2.24, 2.45) is 11.8 Å². The van der Waals surface area contributed by atoms with E-state index >= 15 is 0 Å². The Morgan fingerprint density at radius 3 is 1.62 bits per heavy atom. The van der Waals surface area contributed by atoms with Crippen LogP contribution in [-0.4, -0.2) is 21.9 Å². The van der Waals surface area contributed by atoms with Gasteiger partial charge in [0.15, 0.2) is 0 Å². The van der Waals surface area contributed by atoms with Gasteiger partial charge in [-0.1, -0.05) is 0 Å². The summed E-state index contributed by atoms with van der Waals surface area (Å²) in [5.74, 6) is -0.0919. The SMILES string of the molecule is O=[N+]([O-])[C@@H]1[C@H]2CC[C@@H](C2)[C@@H]1[N+](=O)[O-]. The van der Waals surface area contributed by atoms with Gasteiger partial charge in [0.25, 0.3) is 12.1 Å². The van der Waals surface area contributed by atoms with Gasteiger partial charge in [0.05, 0.1) is 0 Å². The van der Waals surface area contributed by atoms with Crippen LogP contribution in [0.4, 0.5) is 0 Å². The van der Waals surface area contributed by atoms with Gasteiger partial charge in [-0.25, -0.2) is 0 Å². The smallest absolute Gasteiger partial charge is 0.264 e. The first-order chi connectivity index (χ1) is 6.11. The first-order valence-electron chi connectivity index (χ1n) is 4.38. The number of fused-ring (bicyclic) bond motifs is 2. The lowest BCUT2D eigenvalue weighted by molar-refractivity contribution is -0.623. The molecule has 0 N–H and O–H groups in total. The highest BCUT2D eigenvalue weighted by molar-refractivity contribution is 4.97. The lowest BCUT2D eigenvalue weighted by atomic mass is 9.91. The number of nitrogens with zero attached hydrogens (tertiary/aromatic N) is 2. The molecule has 0 heterocycles. The predicted molar refractivity (Wildman–Crippen MR) is 42.4 cm³/mol. The Hall–Kier alpha value is -1.20. The number of hydrogen-bond donors (Lipinski definition) is 0. The maximum Gasteiger partial charge on any atom is 0.282 e. The number of hydrogen-bond acceptors (Lipinski definition) is 4. The lowest BCUT2D eigenvalue weighted by Gasteiger charge is -2.17. The molecule has 0 unspecified atom stereocenters. The molecule has 0 aromatic carbocycles. The van der Waals surface area contributed by atoms with Crippen molar-refractivity contribution < 1.29 is 9.85 Å². The molecule has 0 aromatic rings. The molecule has 13 heavy (non-hydrogen) atoms. The van der Waals surface area contributed by atoms with Crippen molar-refractivity contribution in [2.75, 3.05) is 0 Å². The Morgan fingerprint density at radius 1 is 0.923 bits per heavy atom. The van der Waals surface area contributed by atoms with Crippen LogP contribution in [0.3, 0.4) is 0 Å². The molecule has 2 fully saturated rings. The number of nitro groups is 2. The first kappa shape index (κ1) is 8.40. The zero-order valence-corrected chi connectivity index (χ0v) is 6.96. The van der Waals surface area contributed by atoms with Crippen molar-refractivity contribution >= 4 is 0 Å². The molecule has 2 aliphatic rings. The molecular formula is C7H10N2O4. The summed E-state index contributed by atoms with van der Waals surface area (Å²) in [5, 5.41) is 21.2. The van der Waals surface area contributed by atoms with E-state index in [2.05, 4.69) is 0 Å². The van der Waals surface area contributed by atoms with Gasteiger partial charge in [0.2, 0.25) is 0 Å². The minimum Gasteiger partial charge on any atom is -0.264 e. The van der Waals surface area contributed by atoms with E-state index in [0.717, 1.165) is 12.8 Å². The topological polar surface area (TPSA) is 86.3 Å². The van der Waals surface area contributed by atoms with Crippen molar-refractivity contribution in [3.63, 3.8) is 0 Å². The zero-order chi connectivity index (χ0) is 9.59. The first-order valence-corrected chi connectivity index (χ1v) is 4.38. The van der Waals surface area contributed by atoms with Crippen LogP contribution >= 0.6 is 0 Å². The Balaban J connectivity index is 2.24. The average Bonchev–Trinajstić information content (AvgIpc) is 2.60. The van der Waals surface area contributed by atoms with Crippen molar-refractivity contribution in [2.45, 2.75) is 31.3 Å². The van der Waals surface area contributed by atoms with E-state index in [9.17, 15) is 20.2 Å². The van der Waals surface area contributed by atoms with E-state index in [1.165, 1.54) is 0 Å². The summed E-state index contributed by atoms with van der Waals surface area (Å²) < 4.78 is 0. The van der Waals surface area contributed by atoms with Crippen LogP contribution in [-0.2, 0) is 0 Å². The second-order valence-electron chi connectivity index (χ2n) is 3.89. The molecule has 0 radical (unpaired) electrons. The van der Waals surface area contributed by atoms with Crippen LogP contribution in [0.15, 0.2) is 0 Å². The highest BCUT2D eigenvalue weighted by Crippen LogP contribution is 2.46. The van der Waals surface area contributed by atoms with Crippen molar-refractivity contribution in [1.29, 1.82) is 0 Å². The van der Waals surface area contributed by atoms with E-state index in [-0.39, 0.29) is 11.8 Å². The standard InChI is InChI=1S/C7H10N2O4/c10-8(11)6-4-1-2-5(3-4)7(6)9(12)13/h4-7H,1-3H2/t4-,5-,6-,7+/m0/s1. The Kier molecular flexibility index (Phi) is 1.71. The summed E-state index contributed by atoms with van der Waals surface area (Å²) >= 11 is 0. The van der Waals surface area contributed by atoms with E-state index in [0.29, 0.717) is 6.42 Å². The molecule has 0 aliphatic heterocycles. The normalized spacial score (nSPS) is 42.2. The van der Waals surface area contributed by atoms with E-state index in [1.807, 2.05) is 0 Å². The summed E-state index contributed by atoms with van der Waals surface area (Å²) in [6.45, 7) is 0. The molecule has 4 atom stereocenters. The van der Waals surface area contributed by atoms with Gasteiger partial charge in [-0.2, -0.15) is 0 Å². The summed E-state index contributed by atoms with van der Waals surface area (Å²) in [5.41, 5.74) is 0. The van der Waals surface area contributed by atoms with Crippen molar-refractivity contribution in [3.05, 3.63) is 20.2 Å². The van der Waals surface area contributed by atoms with Gasteiger partial charge in [-0.05, 0) is 19.3 Å². The van der Waals surface area contributed by atoms with Gasteiger partial charge in [0.1, 0.15) is 0 Å². The summed E-state index contributed by atoms with van der Waals surface area (Å²) in [4.78, 5) is 20.3. The van der Waals surface area contributed by atoms with Gasteiger partial charge in [-0.3, -0.25) is 20.2 Å². The molecule has 2 bridgehead atoms. The minimum absolute atomic E-state index is 0.0459. The Bertz CT molecular complexity index is 241. The van der Waals surface area contributed by atoms with Gasteiger partial charge >= 0.3 is 0 Å². The largest absolute Gasteiger partial charge is 0.282 e. The second kappa shape index (κ2) is 2.65. The highest BCUT2D eigenvalue weighted by atomic mass is 16.6. The summed E-state index contributed by atoms with van der Waals surface area (Å²) in [6.07, 6.45) is 2.26. The summed E-state index contributed by atoms with van der Waals surface area (Å²) in [7, 11) is 0. The van der Waals surface area contributed by atoms with Crippen LogP contribution in [0.25, 0.3) is 0 Å².